The van der Waals surface area contributed by atoms with Gasteiger partial charge in [0.2, 0.25) is 0 Å². The van der Waals surface area contributed by atoms with E-state index in [2.05, 4.69) is 185 Å². The Kier molecular flexibility index (Phi) is 6.08. The van der Waals surface area contributed by atoms with Crippen LogP contribution in [-0.2, 0) is 10.8 Å². The lowest BCUT2D eigenvalue weighted by Gasteiger charge is -2.51. The second-order valence-corrected chi connectivity index (χ2v) is 20.7. The zero-order valence-corrected chi connectivity index (χ0v) is 35.1. The summed E-state index contributed by atoms with van der Waals surface area (Å²) < 4.78 is 5.21. The lowest BCUT2D eigenvalue weighted by Crippen LogP contribution is -2.47. The van der Waals surface area contributed by atoms with Crippen LogP contribution in [0.5, 0.6) is 0 Å². The number of fused-ring (bicyclic) bond motifs is 15. The first-order chi connectivity index (χ1) is 30.7. The Labute approximate surface area is 364 Å². The van der Waals surface area contributed by atoms with Crippen LogP contribution in [-0.4, -0.2) is 4.57 Å². The molecule has 0 radical (unpaired) electrons. The highest BCUT2D eigenvalue weighted by molar-refractivity contribution is 7.26. The maximum atomic E-state index is 2.60. The first-order valence-electron chi connectivity index (χ1n) is 22.9. The minimum absolute atomic E-state index is 0.405. The van der Waals surface area contributed by atoms with E-state index >= 15 is 0 Å². The summed E-state index contributed by atoms with van der Waals surface area (Å²) in [4.78, 5) is 2.60. The Balaban J connectivity index is 0.963. The van der Waals surface area contributed by atoms with Crippen molar-refractivity contribution in [2.45, 2.75) is 36.5 Å². The molecule has 2 aromatic heterocycles. The van der Waals surface area contributed by atoms with Gasteiger partial charge in [-0.2, -0.15) is 0 Å². The number of aromatic nitrogens is 1. The quantitative estimate of drug-likeness (QED) is 0.172. The van der Waals surface area contributed by atoms with Crippen LogP contribution in [0.2, 0.25) is 0 Å². The lowest BCUT2D eigenvalue weighted by molar-refractivity contribution is 0.0684. The largest absolute Gasteiger partial charge is 0.310 e. The van der Waals surface area contributed by atoms with Crippen molar-refractivity contribution in [2.24, 2.45) is 29.6 Å². The smallest absolute Gasteiger partial charge is 0.0755 e. The van der Waals surface area contributed by atoms with E-state index in [-0.39, 0.29) is 0 Å². The maximum absolute atomic E-state index is 2.60. The zero-order chi connectivity index (χ0) is 40.1. The first-order valence-corrected chi connectivity index (χ1v) is 23.7. The molecule has 3 heteroatoms. The molecule has 1 spiro atoms. The Bertz CT molecular complexity index is 3610. The van der Waals surface area contributed by atoms with Gasteiger partial charge in [0.1, 0.15) is 0 Å². The molecule has 3 heterocycles. The monoisotopic (exact) mass is 810 g/mol. The van der Waals surface area contributed by atoms with E-state index in [9.17, 15) is 0 Å². The highest BCUT2D eigenvalue weighted by Crippen LogP contribution is 2.78. The van der Waals surface area contributed by atoms with Crippen LogP contribution in [0.25, 0.3) is 58.8 Å². The number of hydrogen-bond donors (Lipinski definition) is 0. The molecule has 3 unspecified atom stereocenters. The minimum atomic E-state index is -0.514. The van der Waals surface area contributed by atoms with Gasteiger partial charge < -0.3 is 9.47 Å². The SMILES string of the molecule is c1ccc2c(c1)-c1ccc(N(c3ccc([C@@]45CC6C[C@@H]7CC(C4)[C@H]5[C@H]67)cc3)c3cccc4sc5ccccc5c34)cc1C21c2ccccc2-n2c3ccccc3c3cccc1c32. The first kappa shape index (κ1) is 33.2. The summed E-state index contributed by atoms with van der Waals surface area (Å²) in [7, 11) is 0. The van der Waals surface area contributed by atoms with E-state index in [1.165, 1.54) is 124 Å². The summed E-state index contributed by atoms with van der Waals surface area (Å²) >= 11 is 1.91. The van der Waals surface area contributed by atoms with Crippen molar-refractivity contribution in [3.8, 4) is 16.8 Å². The van der Waals surface area contributed by atoms with E-state index in [0.29, 0.717) is 5.41 Å². The fraction of sp³-hybridized carbons (Fsp3) is 0.186. The van der Waals surface area contributed by atoms with Crippen LogP contribution >= 0.6 is 11.3 Å². The third-order valence-corrected chi connectivity index (χ3v) is 18.5. The molecule has 4 fully saturated rings. The molecule has 0 amide bonds. The van der Waals surface area contributed by atoms with Crippen LogP contribution in [0.4, 0.5) is 17.1 Å². The van der Waals surface area contributed by atoms with Crippen LogP contribution in [0.3, 0.4) is 0 Å². The Morgan fingerprint density at radius 1 is 0.516 bits per heavy atom. The molecule has 62 heavy (non-hydrogen) atoms. The molecule has 2 nitrogen and oxygen atoms in total. The molecule has 8 aromatic carbocycles. The van der Waals surface area contributed by atoms with Crippen molar-refractivity contribution in [3.63, 3.8) is 0 Å². The van der Waals surface area contributed by atoms with Crippen LogP contribution in [0.15, 0.2) is 176 Å². The van der Waals surface area contributed by atoms with Crippen LogP contribution in [0, 0.1) is 29.6 Å². The summed E-state index contributed by atoms with van der Waals surface area (Å²) in [5.41, 5.74) is 17.0. The molecular formula is C59H42N2S. The third-order valence-electron chi connectivity index (χ3n) is 17.4. The number of benzene rings is 8. The highest BCUT2D eigenvalue weighted by Gasteiger charge is 2.72. The molecule has 1 aliphatic heterocycles. The van der Waals surface area contributed by atoms with Gasteiger partial charge in [0.15, 0.2) is 0 Å². The molecule has 6 aliphatic rings. The van der Waals surface area contributed by atoms with Crippen LogP contribution < -0.4 is 4.90 Å². The van der Waals surface area contributed by atoms with Gasteiger partial charge in [0.25, 0.3) is 0 Å². The minimum Gasteiger partial charge on any atom is -0.310 e. The molecular weight excluding hydrogens is 769 g/mol. The molecule has 294 valence electrons. The van der Waals surface area contributed by atoms with Crippen molar-refractivity contribution in [1.29, 1.82) is 0 Å². The summed E-state index contributed by atoms with van der Waals surface area (Å²) in [6.07, 6.45) is 5.82. The molecule has 4 saturated carbocycles. The summed E-state index contributed by atoms with van der Waals surface area (Å²) in [6, 6.07) is 67.9. The molecule has 0 saturated heterocycles. The number of para-hydroxylation sites is 3. The highest BCUT2D eigenvalue weighted by atomic mass is 32.1. The predicted molar refractivity (Wildman–Crippen MR) is 257 cm³/mol. The van der Waals surface area contributed by atoms with Gasteiger partial charge in [-0.15, -0.1) is 11.3 Å². The van der Waals surface area contributed by atoms with Gasteiger partial charge in [-0.1, -0.05) is 121 Å². The number of nitrogens with zero attached hydrogens (tertiary/aromatic N) is 2. The van der Waals surface area contributed by atoms with Gasteiger partial charge >= 0.3 is 0 Å². The molecule has 7 atom stereocenters. The number of rotatable bonds is 4. The molecule has 5 aliphatic carbocycles. The van der Waals surface area contributed by atoms with E-state index in [1.807, 2.05) is 11.3 Å². The Hall–Kier alpha value is -6.42. The standard InChI is InChI=1S/C59H42N2S/c1-4-15-45-40(11-1)41-28-27-39(31-48(41)59(45)46-16-5-7-19-50(46)61-49-18-6-2-12-42(49)43-14-9-17-47(59)57(43)61)60(51-20-10-22-53-55(51)44-13-3-8-21-52(44)62-53)38-25-23-37(24-26-38)58-32-35-29-34-30-36(33-58)56(58)54(34)35/h1-28,31,34-36,54,56H,29-30,32-33H2/t34-,35?,36?,54+,56+,58-,59?/m1/s1. The van der Waals surface area contributed by atoms with Gasteiger partial charge in [0.05, 0.1) is 27.8 Å². The summed E-state index contributed by atoms with van der Waals surface area (Å²) in [5, 5.41) is 5.27. The van der Waals surface area contributed by atoms with Gasteiger partial charge in [0, 0.05) is 42.3 Å². The Morgan fingerprint density at radius 3 is 2.15 bits per heavy atom. The van der Waals surface area contributed by atoms with Gasteiger partial charge in [-0.25, -0.2) is 0 Å². The van der Waals surface area contributed by atoms with Crippen molar-refractivity contribution in [1.82, 2.24) is 4.57 Å². The average Bonchev–Trinajstić information content (AvgIpc) is 4.04. The fourth-order valence-electron chi connectivity index (χ4n) is 15.4. The van der Waals surface area contributed by atoms with Gasteiger partial charge in [-0.3, -0.25) is 0 Å². The van der Waals surface area contributed by atoms with E-state index in [4.69, 9.17) is 0 Å². The number of thiophene rings is 1. The van der Waals surface area contributed by atoms with Crippen molar-refractivity contribution in [3.05, 3.63) is 204 Å². The molecule has 0 N–H and O–H groups in total. The topological polar surface area (TPSA) is 8.17 Å². The van der Waals surface area contributed by atoms with E-state index in [0.717, 1.165) is 29.6 Å². The fourth-order valence-corrected chi connectivity index (χ4v) is 16.5. The second-order valence-electron chi connectivity index (χ2n) is 19.6. The second kappa shape index (κ2) is 11.3. The normalized spacial score (nSPS) is 26.4. The zero-order valence-electron chi connectivity index (χ0n) is 34.3. The van der Waals surface area contributed by atoms with Gasteiger partial charge in [-0.05, 0) is 154 Å². The molecule has 16 rings (SSSR count). The number of anilines is 3. The number of hydrogen-bond acceptors (Lipinski definition) is 2. The summed E-state index contributed by atoms with van der Waals surface area (Å²) in [6.45, 7) is 0. The lowest BCUT2D eigenvalue weighted by atomic mass is 9.53. The average molecular weight is 811 g/mol. The van der Waals surface area contributed by atoms with Crippen LogP contribution in [0.1, 0.15) is 53.5 Å². The van der Waals surface area contributed by atoms with Crippen molar-refractivity contribution >= 4 is 70.4 Å². The predicted octanol–water partition coefficient (Wildman–Crippen LogP) is 15.2. The van der Waals surface area contributed by atoms with Crippen molar-refractivity contribution in [2.75, 3.05) is 4.90 Å². The maximum Gasteiger partial charge on any atom is 0.0755 e. The Morgan fingerprint density at radius 2 is 1.21 bits per heavy atom. The third kappa shape index (κ3) is 3.76. The van der Waals surface area contributed by atoms with E-state index < -0.39 is 5.41 Å². The van der Waals surface area contributed by atoms with Crippen molar-refractivity contribution < 1.29 is 0 Å². The molecule has 10 aromatic rings. The summed E-state index contributed by atoms with van der Waals surface area (Å²) in [5.74, 6) is 4.90. The molecule has 0 bridgehead atoms. The van der Waals surface area contributed by atoms with E-state index in [1.54, 1.807) is 5.56 Å².